The molecule has 35 heavy (non-hydrogen) atoms. The zero-order chi connectivity index (χ0) is 25.0. The Labute approximate surface area is 211 Å². The van der Waals surface area contributed by atoms with Crippen molar-refractivity contribution in [3.05, 3.63) is 0 Å². The molecule has 6 heteroatoms. The van der Waals surface area contributed by atoms with Crippen molar-refractivity contribution in [2.24, 2.45) is 51.0 Å². The summed E-state index contributed by atoms with van der Waals surface area (Å²) in [6.07, 6.45) is 10.8. The summed E-state index contributed by atoms with van der Waals surface area (Å²) >= 11 is 0. The molecule has 1 amide bonds. The summed E-state index contributed by atoms with van der Waals surface area (Å²) in [6, 6.07) is 0.268. The van der Waals surface area contributed by atoms with Crippen LogP contribution in [0.2, 0.25) is 0 Å². The fourth-order valence-electron chi connectivity index (χ4n) is 9.49. The largest absolute Gasteiger partial charge is 0.433 e. The molecule has 5 rings (SSSR count). The van der Waals surface area contributed by atoms with Crippen molar-refractivity contribution in [1.82, 2.24) is 10.6 Å². The van der Waals surface area contributed by atoms with Crippen molar-refractivity contribution in [3.8, 4) is 0 Å². The number of ketones is 1. The van der Waals surface area contributed by atoms with Crippen molar-refractivity contribution < 1.29 is 14.4 Å². The normalized spacial score (nSPS) is 44.8. The first-order valence-electron chi connectivity index (χ1n) is 14.3. The first-order chi connectivity index (χ1) is 16.5. The summed E-state index contributed by atoms with van der Waals surface area (Å²) in [4.78, 5) is 29.9. The van der Waals surface area contributed by atoms with E-state index in [9.17, 15) is 9.59 Å². The van der Waals surface area contributed by atoms with Gasteiger partial charge >= 0.3 is 6.09 Å². The molecule has 0 aromatic heterocycles. The van der Waals surface area contributed by atoms with Gasteiger partial charge in [0.1, 0.15) is 5.78 Å². The van der Waals surface area contributed by atoms with Gasteiger partial charge in [0.25, 0.3) is 0 Å². The number of nitrogens with zero attached hydrogens (tertiary/aromatic N) is 1. The molecule has 1 unspecified atom stereocenters. The van der Waals surface area contributed by atoms with Crippen LogP contribution in [-0.4, -0.2) is 36.7 Å². The van der Waals surface area contributed by atoms with E-state index in [1.807, 2.05) is 0 Å². The Morgan fingerprint density at radius 3 is 2.54 bits per heavy atom. The Balaban J connectivity index is 1.21. The molecular weight excluding hydrogens is 438 g/mol. The van der Waals surface area contributed by atoms with E-state index in [1.165, 1.54) is 32.1 Å². The van der Waals surface area contributed by atoms with Crippen LogP contribution in [0.25, 0.3) is 0 Å². The smallest absolute Gasteiger partial charge is 0.318 e. The summed E-state index contributed by atoms with van der Waals surface area (Å²) in [5.74, 6) is 3.73. The van der Waals surface area contributed by atoms with E-state index in [0.29, 0.717) is 29.6 Å². The van der Waals surface area contributed by atoms with E-state index in [4.69, 9.17) is 4.84 Å². The number of hydrogen-bond acceptors (Lipinski definition) is 5. The van der Waals surface area contributed by atoms with Gasteiger partial charge in [-0.3, -0.25) is 9.63 Å². The summed E-state index contributed by atoms with van der Waals surface area (Å²) in [6.45, 7) is 13.1. The number of Topliss-reactive ketones (excluding diaryl/α,β-unsaturated/α-hetero) is 1. The van der Waals surface area contributed by atoms with Crippen LogP contribution in [0.1, 0.15) is 98.8 Å². The molecule has 6 nitrogen and oxygen atoms in total. The van der Waals surface area contributed by atoms with Gasteiger partial charge in [-0.05, 0) is 105 Å². The molecule has 0 spiro atoms. The highest BCUT2D eigenvalue weighted by atomic mass is 16.7. The van der Waals surface area contributed by atoms with Crippen LogP contribution in [0.3, 0.4) is 0 Å². The Morgan fingerprint density at radius 2 is 1.80 bits per heavy atom. The molecule has 0 aromatic rings. The Morgan fingerprint density at radius 1 is 1.03 bits per heavy atom. The van der Waals surface area contributed by atoms with E-state index < -0.39 is 6.09 Å². The van der Waals surface area contributed by atoms with Gasteiger partial charge in [0.2, 0.25) is 0 Å². The van der Waals surface area contributed by atoms with Crippen molar-refractivity contribution in [2.45, 2.75) is 105 Å². The third-order valence-corrected chi connectivity index (χ3v) is 11.8. The molecule has 1 heterocycles. The Kier molecular flexibility index (Phi) is 6.59. The van der Waals surface area contributed by atoms with Crippen LogP contribution >= 0.6 is 0 Å². The average molecular weight is 486 g/mol. The van der Waals surface area contributed by atoms with Gasteiger partial charge in [-0.25, -0.2) is 4.79 Å². The summed E-state index contributed by atoms with van der Waals surface area (Å²) in [5.41, 5.74) is 1.75. The first-order valence-corrected chi connectivity index (χ1v) is 14.3. The van der Waals surface area contributed by atoms with Crippen LogP contribution in [-0.2, 0) is 9.63 Å². The zero-order valence-corrected chi connectivity index (χ0v) is 22.6. The maximum atomic E-state index is 12.4. The highest BCUT2D eigenvalue weighted by Crippen LogP contribution is 2.67. The molecular formula is C29H47N3O3. The third-order valence-electron chi connectivity index (χ3n) is 11.8. The average Bonchev–Trinajstić information content (AvgIpc) is 3.34. The van der Waals surface area contributed by atoms with Crippen LogP contribution in [0.15, 0.2) is 5.16 Å². The quantitative estimate of drug-likeness (QED) is 0.304. The van der Waals surface area contributed by atoms with E-state index >= 15 is 0 Å². The SMILES string of the molecule is C/C(=N\OC(=O)NCC1NCCC1(C)C)[C@H]1CC[C@H]2[C@@H]3CC[C@H]4CC(=O)CC[C@]4(C)[C@H]3CC[C@]12C. The van der Waals surface area contributed by atoms with E-state index in [0.717, 1.165) is 62.1 Å². The number of carbonyl (C=O) groups excluding carboxylic acids is 2. The molecule has 0 radical (unpaired) electrons. The highest BCUT2D eigenvalue weighted by Gasteiger charge is 2.60. The van der Waals surface area contributed by atoms with E-state index in [2.05, 4.69) is 50.4 Å². The minimum Gasteiger partial charge on any atom is -0.318 e. The molecule has 196 valence electrons. The number of oxime groups is 1. The highest BCUT2D eigenvalue weighted by molar-refractivity contribution is 5.85. The number of amides is 1. The van der Waals surface area contributed by atoms with Crippen molar-refractivity contribution in [2.75, 3.05) is 13.1 Å². The van der Waals surface area contributed by atoms with Crippen LogP contribution < -0.4 is 10.6 Å². The summed E-state index contributed by atoms with van der Waals surface area (Å²) in [5, 5.41) is 10.7. The van der Waals surface area contributed by atoms with Crippen molar-refractivity contribution >= 4 is 17.6 Å². The molecule has 5 fully saturated rings. The Hall–Kier alpha value is -1.43. The monoisotopic (exact) mass is 485 g/mol. The minimum atomic E-state index is -0.449. The van der Waals surface area contributed by atoms with Gasteiger partial charge in [0.05, 0.1) is 5.71 Å². The lowest BCUT2D eigenvalue weighted by Gasteiger charge is -2.60. The molecule has 0 bridgehead atoms. The lowest BCUT2D eigenvalue weighted by molar-refractivity contribution is -0.138. The maximum Gasteiger partial charge on any atom is 0.433 e. The molecule has 0 aromatic carbocycles. The van der Waals surface area contributed by atoms with Gasteiger partial charge in [0, 0.05) is 31.3 Å². The maximum absolute atomic E-state index is 12.4. The lowest BCUT2D eigenvalue weighted by atomic mass is 9.44. The Bertz CT molecular complexity index is 884. The second-order valence-electron chi connectivity index (χ2n) is 13.8. The van der Waals surface area contributed by atoms with Gasteiger partial charge in [-0.15, -0.1) is 0 Å². The fraction of sp³-hybridized carbons (Fsp3) is 0.897. The first kappa shape index (κ1) is 25.2. The summed E-state index contributed by atoms with van der Waals surface area (Å²) < 4.78 is 0. The van der Waals surface area contributed by atoms with Crippen LogP contribution in [0.4, 0.5) is 4.79 Å². The molecule has 4 aliphatic carbocycles. The molecule has 8 atom stereocenters. The standard InChI is InChI=1S/C29H47N3O3/c1-18(32-35-26(34)31-17-25-27(2,3)14-15-30-25)22-8-9-23-21-7-6-19-16-20(33)10-12-28(19,4)24(21)11-13-29(22,23)5/h19,21-25,30H,6-17H2,1-5H3,(H,31,34)/b32-18+/t19-,21-,22+,23-,24-,25?,28-,29+/m0/s1. The number of fused-ring (bicyclic) bond motifs is 5. The number of rotatable bonds is 4. The van der Waals surface area contributed by atoms with Gasteiger partial charge in [-0.2, -0.15) is 0 Å². The number of nitrogens with one attached hydrogen (secondary N) is 2. The second kappa shape index (κ2) is 9.15. The molecule has 1 aliphatic heterocycles. The predicted molar refractivity (Wildman–Crippen MR) is 138 cm³/mol. The van der Waals surface area contributed by atoms with E-state index in [-0.39, 0.29) is 16.9 Å². The lowest BCUT2D eigenvalue weighted by Crippen LogP contribution is -2.53. The molecule has 2 N–H and O–H groups in total. The van der Waals surface area contributed by atoms with E-state index in [1.54, 1.807) is 0 Å². The number of carbonyl (C=O) groups is 2. The molecule has 4 saturated carbocycles. The van der Waals surface area contributed by atoms with Crippen LogP contribution in [0, 0.1) is 45.8 Å². The minimum absolute atomic E-state index is 0.183. The van der Waals surface area contributed by atoms with Crippen molar-refractivity contribution in [1.29, 1.82) is 0 Å². The van der Waals surface area contributed by atoms with Gasteiger partial charge in [-0.1, -0.05) is 32.9 Å². The number of hydrogen-bond donors (Lipinski definition) is 2. The molecule has 5 aliphatic rings. The fourth-order valence-corrected chi connectivity index (χ4v) is 9.49. The van der Waals surface area contributed by atoms with Gasteiger partial charge in [0.15, 0.2) is 0 Å². The van der Waals surface area contributed by atoms with Crippen LogP contribution in [0.5, 0.6) is 0 Å². The summed E-state index contributed by atoms with van der Waals surface area (Å²) in [7, 11) is 0. The third kappa shape index (κ3) is 4.36. The predicted octanol–water partition coefficient (Wildman–Crippen LogP) is 5.70. The topological polar surface area (TPSA) is 79.8 Å². The molecule has 1 saturated heterocycles. The van der Waals surface area contributed by atoms with Crippen molar-refractivity contribution in [3.63, 3.8) is 0 Å². The van der Waals surface area contributed by atoms with Gasteiger partial charge < -0.3 is 10.6 Å². The second-order valence-corrected chi connectivity index (χ2v) is 13.8. The zero-order valence-electron chi connectivity index (χ0n) is 22.6.